The Morgan fingerprint density at radius 2 is 2.07 bits per heavy atom. The fraction of sp³-hybridized carbons (Fsp3) is 0.217. The van der Waals surface area contributed by atoms with E-state index in [1.165, 1.54) is 17.0 Å². The topological polar surface area (TPSA) is 41.4 Å². The lowest BCUT2D eigenvalue weighted by molar-refractivity contribution is 0.183. The van der Waals surface area contributed by atoms with E-state index in [0.717, 1.165) is 29.9 Å². The third kappa shape index (κ3) is 2.79. The van der Waals surface area contributed by atoms with Crippen LogP contribution in [0.1, 0.15) is 28.6 Å². The highest BCUT2D eigenvalue weighted by Gasteiger charge is 2.33. The molecule has 4 aromatic rings. The molecule has 0 bridgehead atoms. The van der Waals surface area contributed by atoms with Crippen LogP contribution in [0.25, 0.3) is 10.9 Å². The first kappa shape index (κ1) is 17.1. The van der Waals surface area contributed by atoms with Gasteiger partial charge in [0.05, 0.1) is 26.0 Å². The normalized spacial score (nSPS) is 17.0. The molecule has 1 aliphatic rings. The van der Waals surface area contributed by atoms with E-state index in [1.54, 1.807) is 13.4 Å². The summed E-state index contributed by atoms with van der Waals surface area (Å²) in [4.78, 5) is 5.83. The largest absolute Gasteiger partial charge is 0.497 e. The molecule has 0 amide bonds. The van der Waals surface area contributed by atoms with Gasteiger partial charge in [0, 0.05) is 34.8 Å². The molecule has 0 saturated carbocycles. The number of halogens is 1. The number of furan rings is 1. The standard InChI is InChI=1S/C23H21FN2O2/c1-27-15-8-9-19(20(24)13-15)23-22-18(17-6-2-3-7-21(17)25-22)10-11-26(23)14-16-5-4-12-28-16/h2-9,12-13,23,25H,10-11,14H2,1H3. The predicted molar refractivity (Wildman–Crippen MR) is 106 cm³/mol. The van der Waals surface area contributed by atoms with E-state index >= 15 is 4.39 Å². The summed E-state index contributed by atoms with van der Waals surface area (Å²) in [7, 11) is 1.55. The number of aromatic nitrogens is 1. The van der Waals surface area contributed by atoms with Crippen LogP contribution in [0.2, 0.25) is 0 Å². The van der Waals surface area contributed by atoms with Crippen LogP contribution in [0.15, 0.2) is 65.3 Å². The van der Waals surface area contributed by atoms with Gasteiger partial charge in [-0.2, -0.15) is 0 Å². The third-order valence-corrected chi connectivity index (χ3v) is 5.58. The van der Waals surface area contributed by atoms with Crippen LogP contribution in [0.4, 0.5) is 4.39 Å². The first-order chi connectivity index (χ1) is 13.7. The van der Waals surface area contributed by atoms with Gasteiger partial charge in [-0.3, -0.25) is 4.90 Å². The Hall–Kier alpha value is -3.05. The maximum absolute atomic E-state index is 15.1. The van der Waals surface area contributed by atoms with E-state index in [4.69, 9.17) is 9.15 Å². The molecule has 0 fully saturated rings. The van der Waals surface area contributed by atoms with Crippen LogP contribution < -0.4 is 4.74 Å². The summed E-state index contributed by atoms with van der Waals surface area (Å²) in [6.07, 6.45) is 2.59. The Bertz CT molecular complexity index is 1120. The van der Waals surface area contributed by atoms with Crippen LogP contribution in [0.5, 0.6) is 5.75 Å². The van der Waals surface area contributed by atoms with Crippen molar-refractivity contribution < 1.29 is 13.5 Å². The number of H-pyrrole nitrogens is 1. The molecule has 0 aliphatic carbocycles. The van der Waals surface area contributed by atoms with Crippen LogP contribution in [-0.2, 0) is 13.0 Å². The van der Waals surface area contributed by atoms with E-state index in [1.807, 2.05) is 30.3 Å². The molecule has 0 saturated heterocycles. The molecule has 3 heterocycles. The Balaban J connectivity index is 1.65. The minimum Gasteiger partial charge on any atom is -0.497 e. The molecule has 0 spiro atoms. The van der Waals surface area contributed by atoms with Crippen LogP contribution >= 0.6 is 0 Å². The number of nitrogens with zero attached hydrogens (tertiary/aromatic N) is 1. The predicted octanol–water partition coefficient (Wildman–Crippen LogP) is 5.06. The number of hydrogen-bond donors (Lipinski definition) is 1. The molecule has 1 unspecified atom stereocenters. The first-order valence-electron chi connectivity index (χ1n) is 9.44. The van der Waals surface area contributed by atoms with Crippen molar-refractivity contribution in [2.24, 2.45) is 0 Å². The van der Waals surface area contributed by atoms with Crippen LogP contribution in [0, 0.1) is 5.82 Å². The molecular formula is C23H21FN2O2. The quantitative estimate of drug-likeness (QED) is 0.541. The second kappa shape index (κ2) is 6.84. The van der Waals surface area contributed by atoms with Crippen molar-refractivity contribution in [2.45, 2.75) is 19.0 Å². The molecule has 1 aliphatic heterocycles. The van der Waals surface area contributed by atoms with E-state index in [9.17, 15) is 0 Å². The summed E-state index contributed by atoms with van der Waals surface area (Å²) in [5.74, 6) is 1.13. The van der Waals surface area contributed by atoms with Crippen molar-refractivity contribution in [1.29, 1.82) is 0 Å². The summed E-state index contributed by atoms with van der Waals surface area (Å²) < 4.78 is 25.8. The zero-order chi connectivity index (χ0) is 19.1. The summed E-state index contributed by atoms with van der Waals surface area (Å²) >= 11 is 0. The van der Waals surface area contributed by atoms with Crippen molar-refractivity contribution in [3.63, 3.8) is 0 Å². The van der Waals surface area contributed by atoms with E-state index in [-0.39, 0.29) is 11.9 Å². The highest BCUT2D eigenvalue weighted by Crippen LogP contribution is 2.40. The summed E-state index contributed by atoms with van der Waals surface area (Å²) in [5, 5.41) is 1.22. The van der Waals surface area contributed by atoms with Gasteiger partial charge in [-0.1, -0.05) is 24.3 Å². The van der Waals surface area contributed by atoms with E-state index in [0.29, 0.717) is 17.9 Å². The highest BCUT2D eigenvalue weighted by molar-refractivity contribution is 5.85. The van der Waals surface area contributed by atoms with Gasteiger partial charge in [0.1, 0.15) is 17.3 Å². The summed E-state index contributed by atoms with van der Waals surface area (Å²) in [6, 6.07) is 17.0. The van der Waals surface area contributed by atoms with Gasteiger partial charge >= 0.3 is 0 Å². The number of benzene rings is 2. The van der Waals surface area contributed by atoms with Gasteiger partial charge in [-0.15, -0.1) is 0 Å². The monoisotopic (exact) mass is 376 g/mol. The number of hydrogen-bond acceptors (Lipinski definition) is 3. The Morgan fingerprint density at radius 3 is 2.86 bits per heavy atom. The fourth-order valence-electron chi connectivity index (χ4n) is 4.27. The van der Waals surface area contributed by atoms with Crippen LogP contribution in [0.3, 0.4) is 0 Å². The van der Waals surface area contributed by atoms with Crippen molar-refractivity contribution in [2.75, 3.05) is 13.7 Å². The van der Waals surface area contributed by atoms with Crippen molar-refractivity contribution >= 4 is 10.9 Å². The zero-order valence-electron chi connectivity index (χ0n) is 15.6. The van der Waals surface area contributed by atoms with Crippen molar-refractivity contribution in [3.8, 4) is 5.75 Å². The molecule has 1 atom stereocenters. The number of para-hydroxylation sites is 1. The van der Waals surface area contributed by atoms with Crippen molar-refractivity contribution in [3.05, 3.63) is 89.3 Å². The summed E-state index contributed by atoms with van der Waals surface area (Å²) in [6.45, 7) is 1.45. The second-order valence-corrected chi connectivity index (χ2v) is 7.15. The second-order valence-electron chi connectivity index (χ2n) is 7.15. The lowest BCUT2D eigenvalue weighted by atomic mass is 9.92. The zero-order valence-corrected chi connectivity index (χ0v) is 15.6. The number of rotatable bonds is 4. The van der Waals surface area contributed by atoms with E-state index < -0.39 is 0 Å². The number of fused-ring (bicyclic) bond motifs is 3. The molecule has 5 rings (SSSR count). The maximum atomic E-state index is 15.1. The molecular weight excluding hydrogens is 355 g/mol. The van der Waals surface area contributed by atoms with Gasteiger partial charge in [-0.25, -0.2) is 4.39 Å². The number of methoxy groups -OCH3 is 1. The summed E-state index contributed by atoms with van der Waals surface area (Å²) in [5.41, 5.74) is 4.06. The lowest BCUT2D eigenvalue weighted by Crippen LogP contribution is -2.36. The van der Waals surface area contributed by atoms with Gasteiger partial charge in [0.2, 0.25) is 0 Å². The molecule has 4 nitrogen and oxygen atoms in total. The first-order valence-corrected chi connectivity index (χ1v) is 9.44. The van der Waals surface area contributed by atoms with Crippen molar-refractivity contribution in [1.82, 2.24) is 9.88 Å². The minimum absolute atomic E-state index is 0.216. The number of ether oxygens (including phenoxy) is 1. The molecule has 5 heteroatoms. The Morgan fingerprint density at radius 1 is 1.18 bits per heavy atom. The van der Waals surface area contributed by atoms with Gasteiger partial charge in [0.25, 0.3) is 0 Å². The SMILES string of the molecule is COc1ccc(C2c3[nH]c4ccccc4c3CCN2Cc2ccco2)c(F)c1. The van der Waals surface area contributed by atoms with Gasteiger partial charge in [-0.05, 0) is 36.2 Å². The highest BCUT2D eigenvalue weighted by atomic mass is 19.1. The molecule has 1 N–H and O–H groups in total. The number of nitrogens with one attached hydrogen (secondary N) is 1. The molecule has 2 aromatic carbocycles. The smallest absolute Gasteiger partial charge is 0.132 e. The molecule has 2 aromatic heterocycles. The fourth-order valence-corrected chi connectivity index (χ4v) is 4.27. The average Bonchev–Trinajstić information content (AvgIpc) is 3.35. The lowest BCUT2D eigenvalue weighted by Gasteiger charge is -2.35. The number of aromatic amines is 1. The molecule has 142 valence electrons. The van der Waals surface area contributed by atoms with E-state index in [2.05, 4.69) is 28.1 Å². The Labute approximate surface area is 162 Å². The minimum atomic E-state index is -0.264. The van der Waals surface area contributed by atoms with Crippen LogP contribution in [-0.4, -0.2) is 23.5 Å². The third-order valence-electron chi connectivity index (χ3n) is 5.58. The molecule has 28 heavy (non-hydrogen) atoms. The average molecular weight is 376 g/mol. The van der Waals surface area contributed by atoms with Gasteiger partial charge in [0.15, 0.2) is 0 Å². The maximum Gasteiger partial charge on any atom is 0.132 e. The Kier molecular flexibility index (Phi) is 4.17. The molecule has 0 radical (unpaired) electrons. The van der Waals surface area contributed by atoms with Gasteiger partial charge < -0.3 is 14.1 Å².